The Kier molecular flexibility index (Phi) is 4.45. The Bertz CT molecular complexity index is 658. The number of hydrogen-bond donors (Lipinski definition) is 1. The predicted molar refractivity (Wildman–Crippen MR) is 72.4 cm³/mol. The fraction of sp³-hybridized carbons (Fsp3) is 0.0714. The molecule has 2 aromatic carbocycles. The molecule has 0 aromatic heterocycles. The molecule has 21 heavy (non-hydrogen) atoms. The van der Waals surface area contributed by atoms with Crippen molar-refractivity contribution in [1.82, 2.24) is 5.32 Å². The van der Waals surface area contributed by atoms with E-state index in [1.54, 1.807) is 18.2 Å². The zero-order chi connectivity index (χ0) is 15.2. The summed E-state index contributed by atoms with van der Waals surface area (Å²) in [5.41, 5.74) is 0.229. The van der Waals surface area contributed by atoms with Crippen molar-refractivity contribution in [3.05, 3.63) is 70.0 Å². The van der Waals surface area contributed by atoms with Gasteiger partial charge in [-0.2, -0.15) is 0 Å². The first kappa shape index (κ1) is 14.4. The van der Waals surface area contributed by atoms with Crippen LogP contribution >= 0.6 is 0 Å². The third kappa shape index (κ3) is 4.00. The smallest absolute Gasteiger partial charge is 0.410 e. The number of ether oxygens (including phenoxy) is 1. The Morgan fingerprint density at radius 3 is 2.48 bits per heavy atom. The first-order valence-electron chi connectivity index (χ1n) is 6.00. The summed E-state index contributed by atoms with van der Waals surface area (Å²) in [4.78, 5) is 21.4. The van der Waals surface area contributed by atoms with Gasteiger partial charge in [0.25, 0.3) is 5.69 Å². The van der Waals surface area contributed by atoms with Gasteiger partial charge < -0.3 is 10.1 Å². The molecule has 0 spiro atoms. The fourth-order valence-corrected chi connectivity index (χ4v) is 1.59. The number of amides is 1. The maximum Gasteiger partial charge on any atom is 0.412 e. The van der Waals surface area contributed by atoms with E-state index in [1.165, 1.54) is 30.3 Å². The van der Waals surface area contributed by atoms with Crippen LogP contribution < -0.4 is 10.1 Å². The average molecular weight is 290 g/mol. The lowest BCUT2D eigenvalue weighted by atomic mass is 10.2. The van der Waals surface area contributed by atoms with Gasteiger partial charge in [-0.05, 0) is 18.2 Å². The van der Waals surface area contributed by atoms with E-state index >= 15 is 0 Å². The monoisotopic (exact) mass is 290 g/mol. The summed E-state index contributed by atoms with van der Waals surface area (Å²) in [7, 11) is 0. The minimum atomic E-state index is -0.771. The minimum absolute atomic E-state index is 0.0154. The Morgan fingerprint density at radius 1 is 1.19 bits per heavy atom. The van der Waals surface area contributed by atoms with Gasteiger partial charge in [0, 0.05) is 24.2 Å². The van der Waals surface area contributed by atoms with Crippen molar-refractivity contribution >= 4 is 11.8 Å². The summed E-state index contributed by atoms with van der Waals surface area (Å²) in [5, 5.41) is 12.9. The second kappa shape index (κ2) is 6.47. The van der Waals surface area contributed by atoms with Gasteiger partial charge in [-0.3, -0.25) is 10.1 Å². The van der Waals surface area contributed by atoms with Crippen LogP contribution in [0, 0.1) is 15.9 Å². The number of nitro benzene ring substituents is 1. The molecule has 2 aromatic rings. The minimum Gasteiger partial charge on any atom is -0.410 e. The average Bonchev–Trinajstić information content (AvgIpc) is 2.47. The number of hydrogen-bond acceptors (Lipinski definition) is 4. The molecule has 0 radical (unpaired) electrons. The molecular formula is C14H11FN2O4. The number of nitrogens with one attached hydrogen (secondary N) is 1. The van der Waals surface area contributed by atoms with E-state index in [1.807, 2.05) is 0 Å². The molecule has 0 unspecified atom stereocenters. The van der Waals surface area contributed by atoms with Crippen LogP contribution in [0.1, 0.15) is 5.56 Å². The number of non-ortho nitro benzene ring substituents is 1. The van der Waals surface area contributed by atoms with Gasteiger partial charge >= 0.3 is 6.09 Å². The van der Waals surface area contributed by atoms with Gasteiger partial charge in [0.05, 0.1) is 4.92 Å². The molecule has 0 aliphatic rings. The van der Waals surface area contributed by atoms with Crippen molar-refractivity contribution < 1.29 is 18.8 Å². The lowest BCUT2D eigenvalue weighted by Gasteiger charge is -2.07. The lowest BCUT2D eigenvalue weighted by Crippen LogP contribution is -2.26. The van der Waals surface area contributed by atoms with Crippen LogP contribution in [0.4, 0.5) is 14.9 Å². The van der Waals surface area contributed by atoms with Gasteiger partial charge in [-0.15, -0.1) is 0 Å². The Hall–Kier alpha value is -2.96. The molecule has 2 rings (SSSR count). The maximum atomic E-state index is 13.3. The summed E-state index contributed by atoms with van der Waals surface area (Å²) in [6, 6.07) is 11.1. The number of nitrogens with zero attached hydrogens (tertiary/aromatic N) is 1. The first-order chi connectivity index (χ1) is 10.1. The van der Waals surface area contributed by atoms with Crippen LogP contribution in [0.2, 0.25) is 0 Å². The van der Waals surface area contributed by atoms with Gasteiger partial charge in [-0.25, -0.2) is 9.18 Å². The number of halogens is 1. The second-order valence-electron chi connectivity index (χ2n) is 4.09. The third-order valence-corrected chi connectivity index (χ3v) is 2.64. The molecular weight excluding hydrogens is 279 g/mol. The topological polar surface area (TPSA) is 81.5 Å². The van der Waals surface area contributed by atoms with Gasteiger partial charge in [0.1, 0.15) is 11.6 Å². The SMILES string of the molecule is O=C(NCc1ccccc1F)Oc1ccc([N+](=O)[O-])cc1. The van der Waals surface area contributed by atoms with E-state index in [9.17, 15) is 19.3 Å². The van der Waals surface area contributed by atoms with E-state index in [4.69, 9.17) is 4.74 Å². The Morgan fingerprint density at radius 2 is 1.86 bits per heavy atom. The summed E-state index contributed by atoms with van der Waals surface area (Å²) in [6.45, 7) is -0.0154. The van der Waals surface area contributed by atoms with Crippen LogP contribution in [0.3, 0.4) is 0 Å². The molecule has 0 aliphatic heterocycles. The van der Waals surface area contributed by atoms with E-state index in [-0.39, 0.29) is 18.0 Å². The van der Waals surface area contributed by atoms with Crippen LogP contribution in [-0.2, 0) is 6.54 Å². The molecule has 1 N–H and O–H groups in total. The number of nitro groups is 1. The number of carbonyl (C=O) groups is 1. The van der Waals surface area contributed by atoms with E-state index in [0.717, 1.165) is 0 Å². The number of benzene rings is 2. The molecule has 7 heteroatoms. The molecule has 108 valence electrons. The highest BCUT2D eigenvalue weighted by atomic mass is 19.1. The summed E-state index contributed by atoms with van der Waals surface area (Å²) in [5.74, 6) is -0.264. The summed E-state index contributed by atoms with van der Waals surface area (Å²) >= 11 is 0. The number of rotatable bonds is 4. The Labute approximate surface area is 119 Å². The quantitative estimate of drug-likeness (QED) is 0.693. The van der Waals surface area contributed by atoms with Crippen LogP contribution in [0.5, 0.6) is 5.75 Å². The van der Waals surface area contributed by atoms with E-state index < -0.39 is 16.8 Å². The molecule has 0 heterocycles. The summed E-state index contributed by atoms with van der Waals surface area (Å²) < 4.78 is 18.2. The second-order valence-corrected chi connectivity index (χ2v) is 4.09. The highest BCUT2D eigenvalue weighted by molar-refractivity contribution is 5.70. The molecule has 0 saturated carbocycles. The normalized spacial score (nSPS) is 9.95. The van der Waals surface area contributed by atoms with Crippen molar-refractivity contribution in [2.45, 2.75) is 6.54 Å². The first-order valence-corrected chi connectivity index (χ1v) is 6.00. The summed E-state index contributed by atoms with van der Waals surface area (Å²) in [6.07, 6.45) is -0.771. The van der Waals surface area contributed by atoms with Crippen LogP contribution in [0.25, 0.3) is 0 Å². The highest BCUT2D eigenvalue weighted by Crippen LogP contribution is 2.17. The van der Waals surface area contributed by atoms with E-state index in [0.29, 0.717) is 5.56 Å². The molecule has 0 saturated heterocycles. The highest BCUT2D eigenvalue weighted by Gasteiger charge is 2.08. The van der Waals surface area contributed by atoms with Crippen molar-refractivity contribution in [3.8, 4) is 5.75 Å². The molecule has 0 bridgehead atoms. The van der Waals surface area contributed by atoms with Gasteiger partial charge in [-0.1, -0.05) is 18.2 Å². The molecule has 1 amide bonds. The van der Waals surface area contributed by atoms with Crippen molar-refractivity contribution in [3.63, 3.8) is 0 Å². The molecule has 0 fully saturated rings. The molecule has 0 atom stereocenters. The zero-order valence-corrected chi connectivity index (χ0v) is 10.8. The predicted octanol–water partition coefficient (Wildman–Crippen LogP) is 3.02. The third-order valence-electron chi connectivity index (χ3n) is 2.64. The van der Waals surface area contributed by atoms with Crippen LogP contribution in [0.15, 0.2) is 48.5 Å². The standard InChI is InChI=1S/C14H11FN2O4/c15-13-4-2-1-3-10(13)9-16-14(18)21-12-7-5-11(6-8-12)17(19)20/h1-8H,9H2,(H,16,18). The Balaban J connectivity index is 1.90. The van der Waals surface area contributed by atoms with Crippen LogP contribution in [-0.4, -0.2) is 11.0 Å². The van der Waals surface area contributed by atoms with E-state index in [2.05, 4.69) is 5.32 Å². The number of carbonyl (C=O) groups excluding carboxylic acids is 1. The molecule has 0 aliphatic carbocycles. The van der Waals surface area contributed by atoms with Crippen molar-refractivity contribution in [2.75, 3.05) is 0 Å². The fourth-order valence-electron chi connectivity index (χ4n) is 1.59. The van der Waals surface area contributed by atoms with Gasteiger partial charge in [0.15, 0.2) is 0 Å². The molecule has 6 nitrogen and oxygen atoms in total. The lowest BCUT2D eigenvalue weighted by molar-refractivity contribution is -0.384. The maximum absolute atomic E-state index is 13.3. The van der Waals surface area contributed by atoms with Gasteiger partial charge in [0.2, 0.25) is 0 Å². The largest absolute Gasteiger partial charge is 0.412 e. The van der Waals surface area contributed by atoms with Crippen molar-refractivity contribution in [1.29, 1.82) is 0 Å². The van der Waals surface area contributed by atoms with Crippen molar-refractivity contribution in [2.24, 2.45) is 0 Å². The zero-order valence-electron chi connectivity index (χ0n) is 10.8.